The molecule has 1 aliphatic carbocycles. The highest BCUT2D eigenvalue weighted by Gasteiger charge is 2.32. The molecule has 1 saturated heterocycles. The summed E-state index contributed by atoms with van der Waals surface area (Å²) in [5.41, 5.74) is 1.94. The quantitative estimate of drug-likeness (QED) is 0.622. The van der Waals surface area contributed by atoms with Gasteiger partial charge < -0.3 is 14.4 Å². The summed E-state index contributed by atoms with van der Waals surface area (Å²) in [6.45, 7) is 0.725. The number of nitrogens with zero attached hydrogens (tertiary/aromatic N) is 1. The van der Waals surface area contributed by atoms with E-state index in [1.54, 1.807) is 38.5 Å². The zero-order chi connectivity index (χ0) is 22.7. The van der Waals surface area contributed by atoms with Gasteiger partial charge in [-0.15, -0.1) is 0 Å². The monoisotopic (exact) mass is 458 g/mol. The third-order valence-corrected chi connectivity index (χ3v) is 7.67. The Morgan fingerprint density at radius 2 is 1.81 bits per heavy atom. The van der Waals surface area contributed by atoms with E-state index in [-0.39, 0.29) is 22.9 Å². The van der Waals surface area contributed by atoms with Crippen LogP contribution in [0.4, 0.5) is 0 Å². The number of sulfonamides is 1. The second-order valence-electron chi connectivity index (χ2n) is 8.39. The molecule has 4 rings (SSSR count). The number of methoxy groups -OCH3 is 2. The van der Waals surface area contributed by atoms with Crippen LogP contribution in [0.5, 0.6) is 11.5 Å². The van der Waals surface area contributed by atoms with Crippen molar-refractivity contribution in [2.45, 2.75) is 55.5 Å². The van der Waals surface area contributed by atoms with Crippen LogP contribution in [-0.2, 0) is 21.2 Å². The third-order valence-electron chi connectivity index (χ3n) is 6.13. The predicted molar refractivity (Wildman–Crippen MR) is 121 cm³/mol. The standard InChI is InChI=1S/C24H30N2O5S/c1-30-19-10-13-21(23(16-19)31-2)22-4-3-15-26(22)24(27)14-7-17-5-11-20(12-6-17)32(28,29)25-18-8-9-18/h5-6,10-13,16,18,22,25H,3-4,7-9,14-15H2,1-2H3. The molecule has 8 heteroatoms. The number of aryl methyl sites for hydroxylation is 1. The molecular weight excluding hydrogens is 428 g/mol. The Balaban J connectivity index is 1.39. The molecule has 2 aliphatic rings. The molecule has 1 heterocycles. The van der Waals surface area contributed by atoms with E-state index in [2.05, 4.69) is 4.72 Å². The minimum absolute atomic E-state index is 0.00984. The molecule has 2 aromatic carbocycles. The second-order valence-corrected chi connectivity index (χ2v) is 10.1. The van der Waals surface area contributed by atoms with E-state index in [9.17, 15) is 13.2 Å². The van der Waals surface area contributed by atoms with Gasteiger partial charge in [-0.3, -0.25) is 4.79 Å². The van der Waals surface area contributed by atoms with Crippen LogP contribution in [-0.4, -0.2) is 46.0 Å². The number of benzene rings is 2. The van der Waals surface area contributed by atoms with Crippen LogP contribution in [0, 0.1) is 0 Å². The van der Waals surface area contributed by atoms with Gasteiger partial charge in [0, 0.05) is 30.6 Å². The van der Waals surface area contributed by atoms with Crippen LogP contribution in [0.2, 0.25) is 0 Å². The Morgan fingerprint density at radius 3 is 2.47 bits per heavy atom. The molecule has 0 aromatic heterocycles. The van der Waals surface area contributed by atoms with Gasteiger partial charge in [-0.05, 0) is 61.9 Å². The molecule has 2 aromatic rings. The van der Waals surface area contributed by atoms with E-state index < -0.39 is 10.0 Å². The molecule has 0 spiro atoms. The van der Waals surface area contributed by atoms with Gasteiger partial charge in [0.25, 0.3) is 0 Å². The van der Waals surface area contributed by atoms with E-state index in [0.717, 1.165) is 54.9 Å². The summed E-state index contributed by atoms with van der Waals surface area (Å²) in [6, 6.07) is 12.6. The molecule has 1 saturated carbocycles. The van der Waals surface area contributed by atoms with Crippen LogP contribution in [0.25, 0.3) is 0 Å². The number of amides is 1. The van der Waals surface area contributed by atoms with Crippen molar-refractivity contribution in [1.29, 1.82) is 0 Å². The summed E-state index contributed by atoms with van der Waals surface area (Å²) in [7, 11) is -0.209. The topological polar surface area (TPSA) is 84.9 Å². The van der Waals surface area contributed by atoms with Crippen LogP contribution in [0.3, 0.4) is 0 Å². The van der Waals surface area contributed by atoms with Gasteiger partial charge in [0.15, 0.2) is 0 Å². The highest BCUT2D eigenvalue weighted by molar-refractivity contribution is 7.89. The van der Waals surface area contributed by atoms with Gasteiger partial charge in [0.1, 0.15) is 11.5 Å². The van der Waals surface area contributed by atoms with Gasteiger partial charge in [-0.1, -0.05) is 12.1 Å². The molecule has 32 heavy (non-hydrogen) atoms. The lowest BCUT2D eigenvalue weighted by Crippen LogP contribution is -2.31. The van der Waals surface area contributed by atoms with Crippen molar-refractivity contribution in [3.63, 3.8) is 0 Å². The number of hydrogen-bond donors (Lipinski definition) is 1. The Hall–Kier alpha value is -2.58. The van der Waals surface area contributed by atoms with Gasteiger partial charge in [-0.25, -0.2) is 13.1 Å². The van der Waals surface area contributed by atoms with Gasteiger partial charge >= 0.3 is 0 Å². The van der Waals surface area contributed by atoms with Crippen molar-refractivity contribution in [3.05, 3.63) is 53.6 Å². The SMILES string of the molecule is COc1ccc(C2CCCN2C(=O)CCc2ccc(S(=O)(=O)NC3CC3)cc2)c(OC)c1. The Labute approximate surface area is 189 Å². The van der Waals surface area contributed by atoms with Crippen molar-refractivity contribution < 1.29 is 22.7 Å². The summed E-state index contributed by atoms with van der Waals surface area (Å²) in [4.78, 5) is 15.2. The Kier molecular flexibility index (Phi) is 6.71. The summed E-state index contributed by atoms with van der Waals surface area (Å²) >= 11 is 0. The first-order chi connectivity index (χ1) is 15.4. The lowest BCUT2D eigenvalue weighted by Gasteiger charge is -2.26. The summed E-state index contributed by atoms with van der Waals surface area (Å²) < 4.78 is 38.1. The zero-order valence-electron chi connectivity index (χ0n) is 18.5. The van der Waals surface area contributed by atoms with Crippen LogP contribution in [0.15, 0.2) is 47.4 Å². The molecule has 2 fully saturated rings. The first-order valence-electron chi connectivity index (χ1n) is 11.0. The first kappa shape index (κ1) is 22.6. The third kappa shape index (κ3) is 5.07. The fourth-order valence-corrected chi connectivity index (χ4v) is 5.51. The molecule has 7 nitrogen and oxygen atoms in total. The fourth-order valence-electron chi connectivity index (χ4n) is 4.20. The molecule has 1 N–H and O–H groups in total. The first-order valence-corrected chi connectivity index (χ1v) is 12.5. The average molecular weight is 459 g/mol. The average Bonchev–Trinajstić information content (AvgIpc) is 3.47. The highest BCUT2D eigenvalue weighted by atomic mass is 32.2. The van der Waals surface area contributed by atoms with Crippen LogP contribution in [0.1, 0.15) is 49.3 Å². The molecule has 1 aliphatic heterocycles. The molecule has 1 atom stereocenters. The lowest BCUT2D eigenvalue weighted by molar-refractivity contribution is -0.132. The normalized spacial score (nSPS) is 18.6. The summed E-state index contributed by atoms with van der Waals surface area (Å²) in [5.74, 6) is 1.54. The molecule has 0 bridgehead atoms. The summed E-state index contributed by atoms with van der Waals surface area (Å²) in [6.07, 6.45) is 4.60. The van der Waals surface area contributed by atoms with Gasteiger partial charge in [-0.2, -0.15) is 0 Å². The Bertz CT molecular complexity index is 1060. The van der Waals surface area contributed by atoms with Crippen molar-refractivity contribution in [3.8, 4) is 11.5 Å². The fraction of sp³-hybridized carbons (Fsp3) is 0.458. The number of carbonyl (C=O) groups excluding carboxylic acids is 1. The number of likely N-dealkylation sites (tertiary alicyclic amines) is 1. The molecule has 1 unspecified atom stereocenters. The van der Waals surface area contributed by atoms with E-state index in [1.807, 2.05) is 23.1 Å². The van der Waals surface area contributed by atoms with Gasteiger partial charge in [0.05, 0.1) is 25.2 Å². The number of carbonyl (C=O) groups is 1. The maximum Gasteiger partial charge on any atom is 0.240 e. The maximum absolute atomic E-state index is 13.0. The van der Waals surface area contributed by atoms with Gasteiger partial charge in [0.2, 0.25) is 15.9 Å². The molecular formula is C24H30N2O5S. The Morgan fingerprint density at radius 1 is 1.06 bits per heavy atom. The number of hydrogen-bond acceptors (Lipinski definition) is 5. The smallest absolute Gasteiger partial charge is 0.240 e. The van der Waals surface area contributed by atoms with Crippen molar-refractivity contribution in [2.75, 3.05) is 20.8 Å². The van der Waals surface area contributed by atoms with E-state index >= 15 is 0 Å². The minimum atomic E-state index is -3.45. The van der Waals surface area contributed by atoms with Crippen LogP contribution >= 0.6 is 0 Å². The second kappa shape index (κ2) is 9.50. The largest absolute Gasteiger partial charge is 0.497 e. The van der Waals surface area contributed by atoms with E-state index in [0.29, 0.717) is 12.8 Å². The van der Waals surface area contributed by atoms with E-state index in [4.69, 9.17) is 9.47 Å². The minimum Gasteiger partial charge on any atom is -0.497 e. The van der Waals surface area contributed by atoms with Crippen molar-refractivity contribution in [1.82, 2.24) is 9.62 Å². The van der Waals surface area contributed by atoms with Crippen molar-refractivity contribution >= 4 is 15.9 Å². The lowest BCUT2D eigenvalue weighted by atomic mass is 10.0. The molecule has 0 radical (unpaired) electrons. The number of nitrogens with one attached hydrogen (secondary N) is 1. The molecule has 1 amide bonds. The van der Waals surface area contributed by atoms with Crippen LogP contribution < -0.4 is 14.2 Å². The number of ether oxygens (including phenoxy) is 2. The van der Waals surface area contributed by atoms with E-state index in [1.165, 1.54) is 0 Å². The molecule has 172 valence electrons. The highest BCUT2D eigenvalue weighted by Crippen LogP contribution is 2.39. The van der Waals surface area contributed by atoms with Crippen molar-refractivity contribution in [2.24, 2.45) is 0 Å². The predicted octanol–water partition coefficient (Wildman–Crippen LogP) is 3.44. The maximum atomic E-state index is 13.0. The summed E-state index contributed by atoms with van der Waals surface area (Å²) in [5, 5.41) is 0. The number of rotatable bonds is 9. The zero-order valence-corrected chi connectivity index (χ0v) is 19.4.